The summed E-state index contributed by atoms with van der Waals surface area (Å²) in [4.78, 5) is 0. The number of rotatable bonds is 4. The second-order valence-electron chi connectivity index (χ2n) is 6.34. The molecule has 2 atom stereocenters. The minimum atomic E-state index is -0.749. The predicted molar refractivity (Wildman–Crippen MR) is 77.8 cm³/mol. The zero-order valence-corrected chi connectivity index (χ0v) is 12.5. The molecule has 3 rings (SSSR count). The molecule has 2 aliphatic rings. The summed E-state index contributed by atoms with van der Waals surface area (Å²) in [6.45, 7) is 2.08. The monoisotopic (exact) mass is 294 g/mol. The lowest BCUT2D eigenvalue weighted by Gasteiger charge is -2.24. The van der Waals surface area contributed by atoms with Gasteiger partial charge in [0.1, 0.15) is 18.2 Å². The third-order valence-corrected chi connectivity index (χ3v) is 4.70. The zero-order chi connectivity index (χ0) is 14.9. The van der Waals surface area contributed by atoms with Crippen molar-refractivity contribution in [1.82, 2.24) is 0 Å². The Morgan fingerprint density at radius 3 is 2.86 bits per heavy atom. The van der Waals surface area contributed by atoms with Gasteiger partial charge in [-0.05, 0) is 50.8 Å². The second-order valence-corrected chi connectivity index (χ2v) is 6.34. The Bertz CT molecular complexity index is 495. The second kappa shape index (κ2) is 5.93. The Hall–Kier alpha value is -1.13. The van der Waals surface area contributed by atoms with E-state index in [2.05, 4.69) is 0 Å². The fourth-order valence-corrected chi connectivity index (χ4v) is 3.56. The fourth-order valence-electron chi connectivity index (χ4n) is 3.56. The van der Waals surface area contributed by atoms with E-state index in [1.807, 2.05) is 0 Å². The van der Waals surface area contributed by atoms with Crippen LogP contribution in [0.3, 0.4) is 0 Å². The highest BCUT2D eigenvalue weighted by Gasteiger charge is 2.42. The van der Waals surface area contributed by atoms with Gasteiger partial charge in [0.2, 0.25) is 0 Å². The summed E-state index contributed by atoms with van der Waals surface area (Å²) < 4.78 is 25.2. The first-order chi connectivity index (χ1) is 10.1. The van der Waals surface area contributed by atoms with Gasteiger partial charge in [-0.15, -0.1) is 0 Å². The van der Waals surface area contributed by atoms with Gasteiger partial charge in [-0.25, -0.2) is 4.39 Å². The SMILES string of the molecule is C[C@@H](O)c1cc(F)ccc1OCC1CCC2(CCCC2)O1. The Morgan fingerprint density at radius 2 is 2.14 bits per heavy atom. The lowest BCUT2D eigenvalue weighted by Crippen LogP contribution is -2.27. The summed E-state index contributed by atoms with van der Waals surface area (Å²) in [5.41, 5.74) is 0.591. The maximum Gasteiger partial charge on any atom is 0.125 e. The molecule has 1 saturated heterocycles. The van der Waals surface area contributed by atoms with E-state index in [1.54, 1.807) is 13.0 Å². The van der Waals surface area contributed by atoms with Crippen molar-refractivity contribution in [3.8, 4) is 5.75 Å². The molecular formula is C17H23FO3. The number of hydrogen-bond donors (Lipinski definition) is 1. The predicted octanol–water partition coefficient (Wildman–Crippen LogP) is 3.75. The molecule has 1 aromatic carbocycles. The van der Waals surface area contributed by atoms with E-state index in [0.717, 1.165) is 12.8 Å². The van der Waals surface area contributed by atoms with E-state index in [-0.39, 0.29) is 17.5 Å². The first kappa shape index (κ1) is 14.8. The molecule has 1 aliphatic carbocycles. The lowest BCUT2D eigenvalue weighted by molar-refractivity contribution is -0.0511. The Morgan fingerprint density at radius 1 is 1.38 bits per heavy atom. The molecular weight excluding hydrogens is 271 g/mol. The van der Waals surface area contributed by atoms with E-state index >= 15 is 0 Å². The molecule has 1 saturated carbocycles. The highest BCUT2D eigenvalue weighted by molar-refractivity contribution is 5.35. The van der Waals surface area contributed by atoms with Crippen LogP contribution < -0.4 is 4.74 Å². The van der Waals surface area contributed by atoms with Crippen LogP contribution in [0, 0.1) is 5.82 Å². The molecule has 116 valence electrons. The first-order valence-electron chi connectivity index (χ1n) is 7.86. The number of ether oxygens (including phenoxy) is 2. The van der Waals surface area contributed by atoms with Crippen molar-refractivity contribution in [1.29, 1.82) is 0 Å². The van der Waals surface area contributed by atoms with Crippen LogP contribution in [0.1, 0.15) is 57.1 Å². The number of halogens is 1. The van der Waals surface area contributed by atoms with Crippen molar-refractivity contribution in [3.05, 3.63) is 29.6 Å². The Labute approximate surface area is 125 Å². The lowest BCUT2D eigenvalue weighted by atomic mass is 9.98. The highest BCUT2D eigenvalue weighted by atomic mass is 19.1. The molecule has 0 aromatic heterocycles. The summed E-state index contributed by atoms with van der Waals surface area (Å²) >= 11 is 0. The summed E-state index contributed by atoms with van der Waals surface area (Å²) in [5, 5.41) is 9.71. The van der Waals surface area contributed by atoms with Gasteiger partial charge in [-0.2, -0.15) is 0 Å². The quantitative estimate of drug-likeness (QED) is 0.919. The minimum Gasteiger partial charge on any atom is -0.490 e. The molecule has 0 radical (unpaired) electrons. The van der Waals surface area contributed by atoms with E-state index in [1.165, 1.54) is 37.8 Å². The third kappa shape index (κ3) is 3.22. The van der Waals surface area contributed by atoms with Crippen molar-refractivity contribution in [2.75, 3.05) is 6.61 Å². The maximum absolute atomic E-state index is 13.3. The number of benzene rings is 1. The number of aliphatic hydroxyl groups is 1. The molecule has 0 amide bonds. The van der Waals surface area contributed by atoms with Gasteiger partial charge < -0.3 is 14.6 Å². The van der Waals surface area contributed by atoms with Crippen LogP contribution in [0.4, 0.5) is 4.39 Å². The maximum atomic E-state index is 13.3. The van der Waals surface area contributed by atoms with Crippen molar-refractivity contribution in [2.45, 2.75) is 63.3 Å². The fraction of sp³-hybridized carbons (Fsp3) is 0.647. The van der Waals surface area contributed by atoms with Gasteiger partial charge in [0.25, 0.3) is 0 Å². The minimum absolute atomic E-state index is 0.101. The van der Waals surface area contributed by atoms with Crippen molar-refractivity contribution in [2.24, 2.45) is 0 Å². The van der Waals surface area contributed by atoms with Crippen LogP contribution in [0.2, 0.25) is 0 Å². The summed E-state index contributed by atoms with van der Waals surface area (Å²) in [6, 6.07) is 4.26. The van der Waals surface area contributed by atoms with Gasteiger partial charge in [-0.1, -0.05) is 12.8 Å². The normalized spacial score (nSPS) is 25.4. The highest BCUT2D eigenvalue weighted by Crippen LogP contribution is 2.43. The average Bonchev–Trinajstić information content (AvgIpc) is 3.08. The average molecular weight is 294 g/mol. The van der Waals surface area contributed by atoms with Crippen molar-refractivity contribution >= 4 is 0 Å². The molecule has 21 heavy (non-hydrogen) atoms. The topological polar surface area (TPSA) is 38.7 Å². The Balaban J connectivity index is 1.61. The first-order valence-corrected chi connectivity index (χ1v) is 7.86. The van der Waals surface area contributed by atoms with Gasteiger partial charge in [0, 0.05) is 5.56 Å². The van der Waals surface area contributed by atoms with Crippen LogP contribution in [0.25, 0.3) is 0 Å². The van der Waals surface area contributed by atoms with Gasteiger partial charge >= 0.3 is 0 Å². The van der Waals surface area contributed by atoms with E-state index < -0.39 is 6.10 Å². The molecule has 1 N–H and O–H groups in total. The van der Waals surface area contributed by atoms with E-state index in [4.69, 9.17) is 9.47 Å². The van der Waals surface area contributed by atoms with Crippen LogP contribution in [-0.2, 0) is 4.74 Å². The van der Waals surface area contributed by atoms with Crippen molar-refractivity contribution < 1.29 is 19.0 Å². The molecule has 4 heteroatoms. The van der Waals surface area contributed by atoms with Crippen LogP contribution >= 0.6 is 0 Å². The number of hydrogen-bond acceptors (Lipinski definition) is 3. The molecule has 1 spiro atoms. The largest absolute Gasteiger partial charge is 0.490 e. The van der Waals surface area contributed by atoms with Gasteiger partial charge in [0.15, 0.2) is 0 Å². The summed E-state index contributed by atoms with van der Waals surface area (Å²) in [5.74, 6) is 0.183. The van der Waals surface area contributed by atoms with Crippen molar-refractivity contribution in [3.63, 3.8) is 0 Å². The number of aliphatic hydroxyl groups excluding tert-OH is 1. The molecule has 1 aliphatic heterocycles. The summed E-state index contributed by atoms with van der Waals surface area (Å²) in [7, 11) is 0. The van der Waals surface area contributed by atoms with E-state index in [9.17, 15) is 9.50 Å². The third-order valence-electron chi connectivity index (χ3n) is 4.70. The van der Waals surface area contributed by atoms with Crippen LogP contribution in [0.15, 0.2) is 18.2 Å². The van der Waals surface area contributed by atoms with Crippen LogP contribution in [-0.4, -0.2) is 23.4 Å². The standard InChI is InChI=1S/C17H23FO3/c1-12(19)15-10-13(18)4-5-16(15)20-11-14-6-9-17(21-14)7-2-3-8-17/h4-5,10,12,14,19H,2-3,6-9,11H2,1H3/t12-,14?/m1/s1. The summed E-state index contributed by atoms with van der Waals surface area (Å²) in [6.07, 6.45) is 6.35. The van der Waals surface area contributed by atoms with E-state index in [0.29, 0.717) is 17.9 Å². The molecule has 1 aromatic rings. The Kier molecular flexibility index (Phi) is 4.18. The molecule has 1 heterocycles. The molecule has 2 fully saturated rings. The van der Waals surface area contributed by atoms with Gasteiger partial charge in [0.05, 0.1) is 17.8 Å². The molecule has 0 bridgehead atoms. The smallest absolute Gasteiger partial charge is 0.125 e. The van der Waals surface area contributed by atoms with Crippen LogP contribution in [0.5, 0.6) is 5.75 Å². The molecule has 1 unspecified atom stereocenters. The molecule has 3 nitrogen and oxygen atoms in total. The zero-order valence-electron chi connectivity index (χ0n) is 12.5. The van der Waals surface area contributed by atoms with Gasteiger partial charge in [-0.3, -0.25) is 0 Å².